The molecule has 0 aliphatic rings. The third kappa shape index (κ3) is 5.44. The molecule has 0 fully saturated rings. The minimum Gasteiger partial charge on any atom is -0.462 e. The Balaban J connectivity index is 1.69. The van der Waals surface area contributed by atoms with Crippen LogP contribution in [0.5, 0.6) is 0 Å². The second kappa shape index (κ2) is 10.4. The average Bonchev–Trinajstić information content (AvgIpc) is 3.28. The summed E-state index contributed by atoms with van der Waals surface area (Å²) < 4.78 is 5.12. The zero-order chi connectivity index (χ0) is 22.4. The fourth-order valence-electron chi connectivity index (χ4n) is 3.51. The number of nitrogens with one attached hydrogen (secondary N) is 3. The maximum atomic E-state index is 12.1. The van der Waals surface area contributed by atoms with Crippen molar-refractivity contribution in [1.82, 2.24) is 20.6 Å². The van der Waals surface area contributed by atoms with Crippen molar-refractivity contribution in [3.63, 3.8) is 0 Å². The van der Waals surface area contributed by atoms with Crippen molar-refractivity contribution >= 4 is 34.2 Å². The summed E-state index contributed by atoms with van der Waals surface area (Å²) in [6.07, 6.45) is 0.851. The Hall–Kier alpha value is -2.87. The van der Waals surface area contributed by atoms with Crippen molar-refractivity contribution in [2.75, 3.05) is 19.7 Å². The zero-order valence-electron chi connectivity index (χ0n) is 18.8. The third-order valence-electron chi connectivity index (χ3n) is 5.00. The summed E-state index contributed by atoms with van der Waals surface area (Å²) in [5.41, 5.74) is 4.35. The number of thiazole rings is 1. The quantitative estimate of drug-likeness (QED) is 0.276. The number of nitrogens with zero attached hydrogens (tertiary/aromatic N) is 2. The fourth-order valence-corrected chi connectivity index (χ4v) is 4.47. The van der Waals surface area contributed by atoms with Crippen LogP contribution in [0.4, 0.5) is 0 Å². The van der Waals surface area contributed by atoms with Crippen LogP contribution >= 0.6 is 11.3 Å². The van der Waals surface area contributed by atoms with Crippen LogP contribution in [0.15, 0.2) is 29.3 Å². The van der Waals surface area contributed by atoms with E-state index in [-0.39, 0.29) is 12.0 Å². The highest BCUT2D eigenvalue weighted by molar-refractivity contribution is 7.13. The number of ether oxygens (including phenoxy) is 1. The number of carbonyl (C=O) groups excluding carboxylic acids is 1. The van der Waals surface area contributed by atoms with E-state index in [1.807, 2.05) is 26.8 Å². The highest BCUT2D eigenvalue weighted by Crippen LogP contribution is 2.25. The van der Waals surface area contributed by atoms with E-state index in [1.54, 1.807) is 6.92 Å². The molecule has 3 aromatic rings. The van der Waals surface area contributed by atoms with Crippen LogP contribution in [0, 0.1) is 13.8 Å². The van der Waals surface area contributed by atoms with Gasteiger partial charge >= 0.3 is 5.97 Å². The van der Waals surface area contributed by atoms with Crippen molar-refractivity contribution in [2.24, 2.45) is 4.99 Å². The number of aromatic amines is 1. The van der Waals surface area contributed by atoms with E-state index in [0.717, 1.165) is 29.4 Å². The summed E-state index contributed by atoms with van der Waals surface area (Å²) in [5.74, 6) is 0.420. The van der Waals surface area contributed by atoms with Gasteiger partial charge in [-0.25, -0.2) is 9.78 Å². The number of hydrogen-bond acceptors (Lipinski definition) is 5. The van der Waals surface area contributed by atoms with Crippen molar-refractivity contribution in [2.45, 2.75) is 47.1 Å². The Morgan fingerprint density at radius 3 is 2.81 bits per heavy atom. The first-order valence-electron chi connectivity index (χ1n) is 10.7. The van der Waals surface area contributed by atoms with E-state index in [0.29, 0.717) is 23.7 Å². The molecule has 0 radical (unpaired) electrons. The van der Waals surface area contributed by atoms with Crippen molar-refractivity contribution < 1.29 is 9.53 Å². The molecule has 2 aromatic heterocycles. The molecular formula is C23H31N5O2S. The van der Waals surface area contributed by atoms with Gasteiger partial charge in [-0.1, -0.05) is 18.2 Å². The molecule has 0 aliphatic heterocycles. The van der Waals surface area contributed by atoms with Crippen molar-refractivity contribution in [1.29, 1.82) is 0 Å². The number of aliphatic imine (C=N–C) groups is 1. The maximum Gasteiger partial charge on any atom is 0.350 e. The van der Waals surface area contributed by atoms with Crippen molar-refractivity contribution in [3.05, 3.63) is 51.1 Å². The van der Waals surface area contributed by atoms with Crippen LogP contribution in [0.3, 0.4) is 0 Å². The second-order valence-electron chi connectivity index (χ2n) is 7.34. The van der Waals surface area contributed by atoms with E-state index in [4.69, 9.17) is 9.73 Å². The van der Waals surface area contributed by atoms with Gasteiger partial charge in [-0.2, -0.15) is 0 Å². The van der Waals surface area contributed by atoms with E-state index in [1.165, 1.54) is 28.0 Å². The Morgan fingerprint density at radius 2 is 2.06 bits per heavy atom. The Kier molecular flexibility index (Phi) is 7.68. The highest BCUT2D eigenvalue weighted by atomic mass is 32.1. The standard InChI is InChI=1S/C23H31N5O2S/c1-6-24-23(25-13-12-17-14(3)26-19-11-9-8-10-18(17)19)28-16(5)21-27-15(4)20(31-21)22(29)30-7-2/h8-11,16,26H,6-7,12-13H2,1-5H3,(H2,24,25,28). The lowest BCUT2D eigenvalue weighted by Gasteiger charge is -2.16. The molecule has 0 spiro atoms. The molecule has 31 heavy (non-hydrogen) atoms. The highest BCUT2D eigenvalue weighted by Gasteiger charge is 2.20. The minimum absolute atomic E-state index is 0.0838. The molecule has 7 nitrogen and oxygen atoms in total. The number of benzene rings is 1. The molecule has 2 heterocycles. The largest absolute Gasteiger partial charge is 0.462 e. The SMILES string of the molecule is CCNC(=NCCc1c(C)[nH]c2ccccc12)NC(C)c1nc(C)c(C(=O)OCC)s1. The number of guanidine groups is 1. The molecule has 1 aromatic carbocycles. The molecule has 8 heteroatoms. The summed E-state index contributed by atoms with van der Waals surface area (Å²) in [7, 11) is 0. The van der Waals surface area contributed by atoms with Crippen LogP contribution in [-0.4, -0.2) is 41.6 Å². The van der Waals surface area contributed by atoms with Crippen LogP contribution < -0.4 is 10.6 Å². The smallest absolute Gasteiger partial charge is 0.350 e. The number of aromatic nitrogens is 2. The molecule has 0 saturated heterocycles. The first-order chi connectivity index (χ1) is 14.9. The average molecular weight is 442 g/mol. The van der Waals surface area contributed by atoms with E-state index in [2.05, 4.69) is 45.7 Å². The summed E-state index contributed by atoms with van der Waals surface area (Å²) in [6.45, 7) is 11.6. The number of rotatable bonds is 8. The summed E-state index contributed by atoms with van der Waals surface area (Å²) in [4.78, 5) is 25.4. The van der Waals surface area contributed by atoms with Crippen LogP contribution in [0.1, 0.15) is 58.4 Å². The molecule has 0 saturated carbocycles. The molecule has 166 valence electrons. The predicted molar refractivity (Wildman–Crippen MR) is 127 cm³/mol. The summed E-state index contributed by atoms with van der Waals surface area (Å²) in [5, 5.41) is 8.79. The first kappa shape index (κ1) is 22.8. The van der Waals surface area contributed by atoms with E-state index in [9.17, 15) is 4.79 Å². The van der Waals surface area contributed by atoms with Gasteiger partial charge in [0.1, 0.15) is 9.88 Å². The molecule has 3 rings (SSSR count). The summed E-state index contributed by atoms with van der Waals surface area (Å²) >= 11 is 1.37. The molecule has 0 bridgehead atoms. The lowest BCUT2D eigenvalue weighted by molar-refractivity contribution is 0.0531. The fraction of sp³-hybridized carbons (Fsp3) is 0.435. The normalized spacial score (nSPS) is 12.7. The van der Waals surface area contributed by atoms with Crippen LogP contribution in [0.2, 0.25) is 0 Å². The molecule has 3 N–H and O–H groups in total. The Morgan fingerprint density at radius 1 is 1.29 bits per heavy atom. The monoisotopic (exact) mass is 441 g/mol. The van der Waals surface area contributed by atoms with Gasteiger partial charge in [0.15, 0.2) is 5.96 Å². The zero-order valence-corrected chi connectivity index (χ0v) is 19.7. The Bertz CT molecular complexity index is 1070. The number of esters is 1. The first-order valence-corrected chi connectivity index (χ1v) is 11.5. The molecule has 0 amide bonds. The number of hydrogen-bond donors (Lipinski definition) is 3. The van der Waals surface area contributed by atoms with E-state index >= 15 is 0 Å². The number of aryl methyl sites for hydroxylation is 2. The van der Waals surface area contributed by atoms with Gasteiger partial charge in [0.05, 0.1) is 18.3 Å². The topological polar surface area (TPSA) is 91.4 Å². The van der Waals surface area contributed by atoms with Gasteiger partial charge in [-0.15, -0.1) is 11.3 Å². The minimum atomic E-state index is -0.314. The van der Waals surface area contributed by atoms with Gasteiger partial charge in [-0.05, 0) is 52.7 Å². The van der Waals surface area contributed by atoms with Gasteiger partial charge in [-0.3, -0.25) is 4.99 Å². The number of para-hydroxylation sites is 1. The molecule has 1 atom stereocenters. The number of carbonyl (C=O) groups is 1. The molecule has 1 unspecified atom stereocenters. The van der Waals surface area contributed by atoms with Crippen LogP contribution in [-0.2, 0) is 11.2 Å². The summed E-state index contributed by atoms with van der Waals surface area (Å²) in [6, 6.07) is 8.27. The number of fused-ring (bicyclic) bond motifs is 1. The van der Waals surface area contributed by atoms with Crippen LogP contribution in [0.25, 0.3) is 10.9 Å². The maximum absolute atomic E-state index is 12.1. The number of H-pyrrole nitrogens is 1. The van der Waals surface area contributed by atoms with Gasteiger partial charge in [0.2, 0.25) is 0 Å². The van der Waals surface area contributed by atoms with Crippen molar-refractivity contribution in [3.8, 4) is 0 Å². The molecular weight excluding hydrogens is 410 g/mol. The van der Waals surface area contributed by atoms with Gasteiger partial charge in [0.25, 0.3) is 0 Å². The van der Waals surface area contributed by atoms with Gasteiger partial charge < -0.3 is 20.4 Å². The van der Waals surface area contributed by atoms with Gasteiger partial charge in [0, 0.05) is 29.7 Å². The third-order valence-corrected chi connectivity index (χ3v) is 6.32. The van der Waals surface area contributed by atoms with E-state index < -0.39 is 0 Å². The lowest BCUT2D eigenvalue weighted by atomic mass is 10.1. The Labute approximate surface area is 187 Å². The lowest BCUT2D eigenvalue weighted by Crippen LogP contribution is -2.38. The molecule has 0 aliphatic carbocycles. The second-order valence-corrected chi connectivity index (χ2v) is 8.37. The predicted octanol–water partition coefficient (Wildman–Crippen LogP) is 4.28.